The molecule has 0 aliphatic carbocycles. The molecule has 0 radical (unpaired) electrons. The topological polar surface area (TPSA) is 34.0 Å². The predicted octanol–water partition coefficient (Wildman–Crippen LogP) is 2.99. The van der Waals surface area contributed by atoms with Crippen molar-refractivity contribution in [2.45, 2.75) is 45.7 Å². The highest BCUT2D eigenvalue weighted by molar-refractivity contribution is 5.21. The van der Waals surface area contributed by atoms with Gasteiger partial charge in [-0.2, -0.15) is 0 Å². The van der Waals surface area contributed by atoms with E-state index < -0.39 is 0 Å². The summed E-state index contributed by atoms with van der Waals surface area (Å²) in [5.41, 5.74) is 2.73. The molecule has 1 atom stereocenters. The van der Waals surface area contributed by atoms with Gasteiger partial charge in [-0.1, -0.05) is 29.8 Å². The zero-order valence-corrected chi connectivity index (χ0v) is 13.0. The molecule has 21 heavy (non-hydrogen) atoms. The molecule has 0 unspecified atom stereocenters. The Morgan fingerprint density at radius 1 is 1.24 bits per heavy atom. The van der Waals surface area contributed by atoms with Gasteiger partial charge in [0.1, 0.15) is 12.2 Å². The number of likely N-dealkylation sites (tertiary alicyclic amines) is 1. The molecule has 2 heterocycles. The molecule has 1 aromatic carbocycles. The van der Waals surface area contributed by atoms with Crippen LogP contribution in [0.2, 0.25) is 0 Å². The average Bonchev–Trinajstić information content (AvgIpc) is 2.98. The van der Waals surface area contributed by atoms with Crippen LogP contribution in [0.5, 0.6) is 0 Å². The second-order valence-corrected chi connectivity index (χ2v) is 6.04. The first-order valence-corrected chi connectivity index (χ1v) is 7.92. The number of benzene rings is 1. The number of aryl methyl sites for hydroxylation is 2. The van der Waals surface area contributed by atoms with Crippen molar-refractivity contribution >= 4 is 0 Å². The van der Waals surface area contributed by atoms with Gasteiger partial charge in [0, 0.05) is 25.6 Å². The highest BCUT2D eigenvalue weighted by atomic mass is 15.3. The summed E-state index contributed by atoms with van der Waals surface area (Å²) in [6.45, 7) is 8.56. The van der Waals surface area contributed by atoms with Crippen molar-refractivity contribution < 1.29 is 0 Å². The van der Waals surface area contributed by atoms with E-state index in [1.165, 1.54) is 30.5 Å². The van der Waals surface area contributed by atoms with Gasteiger partial charge in [0.25, 0.3) is 0 Å². The number of nitrogens with zero attached hydrogens (tertiary/aromatic N) is 4. The smallest absolute Gasteiger partial charge is 0.137 e. The Balaban J connectivity index is 1.67. The van der Waals surface area contributed by atoms with Gasteiger partial charge in [0.2, 0.25) is 0 Å². The summed E-state index contributed by atoms with van der Waals surface area (Å²) in [5, 5.41) is 8.43. The van der Waals surface area contributed by atoms with Crippen molar-refractivity contribution in [3.63, 3.8) is 0 Å². The lowest BCUT2D eigenvalue weighted by Crippen LogP contribution is -2.34. The van der Waals surface area contributed by atoms with Gasteiger partial charge in [-0.15, -0.1) is 10.2 Å². The van der Waals surface area contributed by atoms with E-state index >= 15 is 0 Å². The van der Waals surface area contributed by atoms with Crippen LogP contribution in [0.4, 0.5) is 0 Å². The fourth-order valence-electron chi connectivity index (χ4n) is 3.19. The molecule has 1 aliphatic heterocycles. The van der Waals surface area contributed by atoms with Crippen LogP contribution in [0.1, 0.15) is 42.6 Å². The summed E-state index contributed by atoms with van der Waals surface area (Å²) in [4.78, 5) is 2.55. The first-order chi connectivity index (χ1) is 10.3. The van der Waals surface area contributed by atoms with Crippen molar-refractivity contribution in [1.82, 2.24) is 19.7 Å². The molecule has 4 nitrogen and oxygen atoms in total. The van der Waals surface area contributed by atoms with Crippen LogP contribution < -0.4 is 0 Å². The van der Waals surface area contributed by atoms with Gasteiger partial charge >= 0.3 is 0 Å². The SMILES string of the molecule is CCn1cnnc1[C@H]1CCCN(Cc2ccc(C)cc2)C1. The molecule has 1 aromatic heterocycles. The monoisotopic (exact) mass is 284 g/mol. The maximum Gasteiger partial charge on any atom is 0.137 e. The lowest BCUT2D eigenvalue weighted by Gasteiger charge is -2.32. The van der Waals surface area contributed by atoms with Crippen LogP contribution in [-0.2, 0) is 13.1 Å². The second-order valence-electron chi connectivity index (χ2n) is 6.04. The normalized spacial score (nSPS) is 19.8. The molecule has 0 spiro atoms. The summed E-state index contributed by atoms with van der Waals surface area (Å²) >= 11 is 0. The highest BCUT2D eigenvalue weighted by Gasteiger charge is 2.24. The quantitative estimate of drug-likeness (QED) is 0.865. The van der Waals surface area contributed by atoms with E-state index in [9.17, 15) is 0 Å². The Hall–Kier alpha value is -1.68. The minimum absolute atomic E-state index is 0.520. The molecule has 112 valence electrons. The Kier molecular flexibility index (Phi) is 4.34. The third-order valence-corrected chi connectivity index (χ3v) is 4.38. The maximum atomic E-state index is 4.35. The van der Waals surface area contributed by atoms with Crippen molar-refractivity contribution in [3.8, 4) is 0 Å². The van der Waals surface area contributed by atoms with E-state index in [4.69, 9.17) is 0 Å². The number of aromatic nitrogens is 3. The minimum Gasteiger partial charge on any atom is -0.318 e. The van der Waals surface area contributed by atoms with E-state index in [1.807, 2.05) is 6.33 Å². The Morgan fingerprint density at radius 3 is 2.81 bits per heavy atom. The third-order valence-electron chi connectivity index (χ3n) is 4.38. The highest BCUT2D eigenvalue weighted by Crippen LogP contribution is 2.26. The maximum absolute atomic E-state index is 4.35. The largest absolute Gasteiger partial charge is 0.318 e. The lowest BCUT2D eigenvalue weighted by atomic mass is 9.96. The van der Waals surface area contributed by atoms with Crippen LogP contribution in [0, 0.1) is 6.92 Å². The van der Waals surface area contributed by atoms with Gasteiger partial charge in [-0.3, -0.25) is 4.90 Å². The second kappa shape index (κ2) is 6.39. The van der Waals surface area contributed by atoms with Crippen LogP contribution >= 0.6 is 0 Å². The Morgan fingerprint density at radius 2 is 2.05 bits per heavy atom. The van der Waals surface area contributed by atoms with Gasteiger partial charge in [-0.25, -0.2) is 0 Å². The molecule has 0 amide bonds. The van der Waals surface area contributed by atoms with Crippen molar-refractivity contribution in [2.24, 2.45) is 0 Å². The predicted molar refractivity (Wildman–Crippen MR) is 84.1 cm³/mol. The van der Waals surface area contributed by atoms with Gasteiger partial charge in [0.15, 0.2) is 0 Å². The molecule has 0 saturated carbocycles. The zero-order chi connectivity index (χ0) is 14.7. The van der Waals surface area contributed by atoms with E-state index in [1.54, 1.807) is 0 Å². The summed E-state index contributed by atoms with van der Waals surface area (Å²) < 4.78 is 2.18. The molecule has 1 aliphatic rings. The van der Waals surface area contributed by atoms with E-state index in [2.05, 4.69) is 57.8 Å². The van der Waals surface area contributed by atoms with E-state index in [0.29, 0.717) is 5.92 Å². The van der Waals surface area contributed by atoms with Crippen molar-refractivity contribution in [1.29, 1.82) is 0 Å². The van der Waals surface area contributed by atoms with Crippen molar-refractivity contribution in [3.05, 3.63) is 47.5 Å². The first-order valence-electron chi connectivity index (χ1n) is 7.92. The molecule has 3 rings (SSSR count). The molecular weight excluding hydrogens is 260 g/mol. The first kappa shape index (κ1) is 14.3. The van der Waals surface area contributed by atoms with Crippen LogP contribution in [0.15, 0.2) is 30.6 Å². The van der Waals surface area contributed by atoms with Crippen molar-refractivity contribution in [2.75, 3.05) is 13.1 Å². The molecular formula is C17H24N4. The van der Waals surface area contributed by atoms with E-state index in [-0.39, 0.29) is 0 Å². The van der Waals surface area contributed by atoms with Gasteiger partial charge in [0.05, 0.1) is 0 Å². The number of rotatable bonds is 4. The molecule has 2 aromatic rings. The Labute approximate surface area is 126 Å². The molecule has 0 bridgehead atoms. The van der Waals surface area contributed by atoms with Gasteiger partial charge < -0.3 is 4.57 Å². The number of hydrogen-bond donors (Lipinski definition) is 0. The summed E-state index contributed by atoms with van der Waals surface area (Å²) in [6, 6.07) is 8.88. The molecule has 0 N–H and O–H groups in total. The standard InChI is InChI=1S/C17H24N4/c1-3-21-13-18-19-17(21)16-5-4-10-20(12-16)11-15-8-6-14(2)7-9-15/h6-9,13,16H,3-5,10-12H2,1-2H3/t16-/m0/s1. The van der Waals surface area contributed by atoms with Crippen LogP contribution in [0.25, 0.3) is 0 Å². The lowest BCUT2D eigenvalue weighted by molar-refractivity contribution is 0.194. The number of hydrogen-bond acceptors (Lipinski definition) is 3. The molecule has 1 saturated heterocycles. The number of piperidine rings is 1. The summed E-state index contributed by atoms with van der Waals surface area (Å²) in [5.74, 6) is 1.68. The Bertz CT molecular complexity index is 573. The van der Waals surface area contributed by atoms with Crippen LogP contribution in [0.3, 0.4) is 0 Å². The summed E-state index contributed by atoms with van der Waals surface area (Å²) in [7, 11) is 0. The fourth-order valence-corrected chi connectivity index (χ4v) is 3.19. The molecule has 1 fully saturated rings. The zero-order valence-electron chi connectivity index (χ0n) is 13.0. The average molecular weight is 284 g/mol. The summed E-state index contributed by atoms with van der Waals surface area (Å²) in [6.07, 6.45) is 4.32. The van der Waals surface area contributed by atoms with Gasteiger partial charge in [-0.05, 0) is 38.8 Å². The van der Waals surface area contributed by atoms with E-state index in [0.717, 1.165) is 25.5 Å². The minimum atomic E-state index is 0.520. The third kappa shape index (κ3) is 3.32. The van der Waals surface area contributed by atoms with Crippen LogP contribution in [-0.4, -0.2) is 32.8 Å². The molecule has 4 heteroatoms. The fraction of sp³-hybridized carbons (Fsp3) is 0.529.